The summed E-state index contributed by atoms with van der Waals surface area (Å²) >= 11 is 0. The zero-order valence-electron chi connectivity index (χ0n) is 7.43. The van der Waals surface area contributed by atoms with Gasteiger partial charge in [0.15, 0.2) is 0 Å². The maximum absolute atomic E-state index is 10.4. The van der Waals surface area contributed by atoms with Gasteiger partial charge in [0.05, 0.1) is 5.69 Å². The Balaban J connectivity index is 2.92. The van der Waals surface area contributed by atoms with E-state index in [0.717, 1.165) is 0 Å². The lowest BCUT2D eigenvalue weighted by atomic mass is 10.2. The highest BCUT2D eigenvalue weighted by atomic mass is 16.3. The molecule has 1 aromatic carbocycles. The topological polar surface area (TPSA) is 96.9 Å². The Bertz CT molecular complexity index is 340. The second-order valence-electron chi connectivity index (χ2n) is 2.60. The first-order chi connectivity index (χ1) is 6.81. The highest BCUT2D eigenvalue weighted by Crippen LogP contribution is 2.29. The molecule has 0 spiro atoms. The van der Waals surface area contributed by atoms with Crippen molar-refractivity contribution in [3.8, 4) is 0 Å². The Morgan fingerprint density at radius 1 is 1.29 bits per heavy atom. The van der Waals surface area contributed by atoms with Crippen LogP contribution in [0.2, 0.25) is 0 Å². The molecule has 6 heteroatoms. The fourth-order valence-corrected chi connectivity index (χ4v) is 1.01. The molecule has 6 nitrogen and oxygen atoms in total. The third-order valence-electron chi connectivity index (χ3n) is 1.64. The molecule has 0 amide bonds. The smallest absolute Gasteiger partial charge is 0.133 e. The van der Waals surface area contributed by atoms with Crippen LogP contribution in [0, 0.1) is 9.81 Å². The fraction of sp³-hybridized carbons (Fsp3) is 0.250. The predicted octanol–water partition coefficient (Wildman–Crippen LogP) is 1.85. The van der Waals surface area contributed by atoms with E-state index in [2.05, 4.69) is 15.7 Å². The molecule has 0 bridgehead atoms. The van der Waals surface area contributed by atoms with Gasteiger partial charge >= 0.3 is 0 Å². The summed E-state index contributed by atoms with van der Waals surface area (Å²) in [5.41, 5.74) is 6.18. The zero-order valence-corrected chi connectivity index (χ0v) is 7.43. The molecule has 14 heavy (non-hydrogen) atoms. The van der Waals surface area contributed by atoms with Crippen LogP contribution in [-0.4, -0.2) is 13.1 Å². The molecule has 0 saturated carbocycles. The molecule has 0 aromatic heterocycles. The van der Waals surface area contributed by atoms with Crippen molar-refractivity contribution in [2.45, 2.75) is 0 Å². The van der Waals surface area contributed by atoms with E-state index >= 15 is 0 Å². The summed E-state index contributed by atoms with van der Waals surface area (Å²) in [5, 5.41) is 8.38. The number of hydrogen-bond acceptors (Lipinski definition) is 6. The Kier molecular flexibility index (Phi) is 3.69. The maximum atomic E-state index is 10.4. The monoisotopic (exact) mass is 194 g/mol. The van der Waals surface area contributed by atoms with Gasteiger partial charge in [-0.05, 0) is 28.6 Å². The van der Waals surface area contributed by atoms with Gasteiger partial charge < -0.3 is 11.1 Å². The molecule has 0 heterocycles. The number of nitrogens with zero attached hydrogens (tertiary/aromatic N) is 2. The standard InChI is InChI=1S/C8H10N4O2/c9-3-4-10-7-2-1-6(11-13)5-8(7)12-14/h1-2,5,10H,3-4,9H2. The number of nitrogens with two attached hydrogens (primary N) is 1. The molecule has 1 rings (SSSR count). The van der Waals surface area contributed by atoms with Gasteiger partial charge in [-0.1, -0.05) is 0 Å². The van der Waals surface area contributed by atoms with Crippen molar-refractivity contribution in [3.05, 3.63) is 28.0 Å². The van der Waals surface area contributed by atoms with E-state index in [1.807, 2.05) is 0 Å². The summed E-state index contributed by atoms with van der Waals surface area (Å²) < 4.78 is 0. The first-order valence-electron chi connectivity index (χ1n) is 4.06. The molecule has 0 radical (unpaired) electrons. The molecule has 0 atom stereocenters. The Labute approximate surface area is 80.4 Å². The highest BCUT2D eigenvalue weighted by molar-refractivity contribution is 5.69. The molecule has 0 aliphatic carbocycles. The molecule has 0 aliphatic heterocycles. The molecular weight excluding hydrogens is 184 g/mol. The second kappa shape index (κ2) is 5.03. The van der Waals surface area contributed by atoms with E-state index < -0.39 is 0 Å². The number of rotatable bonds is 5. The van der Waals surface area contributed by atoms with Gasteiger partial charge in [0.1, 0.15) is 11.4 Å². The fourth-order valence-electron chi connectivity index (χ4n) is 1.01. The van der Waals surface area contributed by atoms with Crippen LogP contribution in [0.15, 0.2) is 28.6 Å². The summed E-state index contributed by atoms with van der Waals surface area (Å²) in [6.07, 6.45) is 0. The van der Waals surface area contributed by atoms with Crippen molar-refractivity contribution in [2.24, 2.45) is 16.1 Å². The molecule has 3 N–H and O–H groups in total. The lowest BCUT2D eigenvalue weighted by molar-refractivity contribution is 1.02. The SMILES string of the molecule is NCCNc1ccc(N=O)cc1N=O. The van der Waals surface area contributed by atoms with Gasteiger partial charge in [0.25, 0.3) is 0 Å². The zero-order chi connectivity index (χ0) is 10.4. The molecule has 0 fully saturated rings. The van der Waals surface area contributed by atoms with Crippen molar-refractivity contribution in [1.82, 2.24) is 0 Å². The molecule has 0 aliphatic rings. The molecule has 0 saturated heterocycles. The van der Waals surface area contributed by atoms with Crippen molar-refractivity contribution in [3.63, 3.8) is 0 Å². The van der Waals surface area contributed by atoms with Crippen LogP contribution in [0.4, 0.5) is 17.1 Å². The average Bonchev–Trinajstić information content (AvgIpc) is 2.26. The van der Waals surface area contributed by atoms with Gasteiger partial charge in [-0.15, -0.1) is 9.81 Å². The largest absolute Gasteiger partial charge is 0.382 e. The van der Waals surface area contributed by atoms with Gasteiger partial charge in [0.2, 0.25) is 0 Å². The highest BCUT2D eigenvalue weighted by Gasteiger charge is 2.03. The second-order valence-corrected chi connectivity index (χ2v) is 2.60. The number of benzene rings is 1. The van der Waals surface area contributed by atoms with E-state index in [0.29, 0.717) is 18.8 Å². The van der Waals surface area contributed by atoms with Crippen LogP contribution < -0.4 is 11.1 Å². The summed E-state index contributed by atoms with van der Waals surface area (Å²) in [6.45, 7) is 0.988. The number of hydrogen-bond donors (Lipinski definition) is 2. The van der Waals surface area contributed by atoms with Crippen LogP contribution in [0.5, 0.6) is 0 Å². The van der Waals surface area contributed by atoms with Crippen molar-refractivity contribution >= 4 is 17.1 Å². The number of nitrogens with one attached hydrogen (secondary N) is 1. The summed E-state index contributed by atoms with van der Waals surface area (Å²) in [4.78, 5) is 20.6. The minimum atomic E-state index is 0.163. The van der Waals surface area contributed by atoms with Crippen molar-refractivity contribution < 1.29 is 0 Å². The van der Waals surface area contributed by atoms with E-state index in [-0.39, 0.29) is 11.4 Å². The van der Waals surface area contributed by atoms with Crippen molar-refractivity contribution in [1.29, 1.82) is 0 Å². The number of anilines is 1. The minimum Gasteiger partial charge on any atom is -0.382 e. The normalized spacial score (nSPS) is 9.50. The van der Waals surface area contributed by atoms with Gasteiger partial charge in [-0.25, -0.2) is 0 Å². The molecule has 1 aromatic rings. The minimum absolute atomic E-state index is 0.163. The van der Waals surface area contributed by atoms with Crippen LogP contribution in [0.3, 0.4) is 0 Å². The molecule has 0 unspecified atom stereocenters. The molecule has 74 valence electrons. The average molecular weight is 194 g/mol. The predicted molar refractivity (Wildman–Crippen MR) is 54.9 cm³/mol. The van der Waals surface area contributed by atoms with Crippen LogP contribution in [0.25, 0.3) is 0 Å². The maximum Gasteiger partial charge on any atom is 0.133 e. The van der Waals surface area contributed by atoms with Crippen LogP contribution >= 0.6 is 0 Å². The lowest BCUT2D eigenvalue weighted by Crippen LogP contribution is -2.12. The van der Waals surface area contributed by atoms with E-state index in [1.54, 1.807) is 6.07 Å². The Morgan fingerprint density at radius 2 is 2.07 bits per heavy atom. The first-order valence-corrected chi connectivity index (χ1v) is 4.06. The van der Waals surface area contributed by atoms with Crippen molar-refractivity contribution in [2.75, 3.05) is 18.4 Å². The third-order valence-corrected chi connectivity index (χ3v) is 1.64. The summed E-state index contributed by atoms with van der Waals surface area (Å²) in [7, 11) is 0. The summed E-state index contributed by atoms with van der Waals surface area (Å²) in [5.74, 6) is 0. The summed E-state index contributed by atoms with van der Waals surface area (Å²) in [6, 6.07) is 4.39. The third kappa shape index (κ3) is 2.33. The van der Waals surface area contributed by atoms with Crippen LogP contribution in [0.1, 0.15) is 0 Å². The Hall–Kier alpha value is -1.82. The quantitative estimate of drug-likeness (QED) is 0.699. The van der Waals surface area contributed by atoms with Gasteiger partial charge in [0, 0.05) is 13.1 Å². The Morgan fingerprint density at radius 3 is 2.64 bits per heavy atom. The van der Waals surface area contributed by atoms with Crippen LogP contribution in [-0.2, 0) is 0 Å². The van der Waals surface area contributed by atoms with E-state index in [1.165, 1.54) is 12.1 Å². The van der Waals surface area contributed by atoms with Gasteiger partial charge in [-0.3, -0.25) is 0 Å². The lowest BCUT2D eigenvalue weighted by Gasteiger charge is -2.05. The van der Waals surface area contributed by atoms with Gasteiger partial charge in [-0.2, -0.15) is 0 Å². The molecular formula is C8H10N4O2. The van der Waals surface area contributed by atoms with E-state index in [4.69, 9.17) is 5.73 Å². The number of nitroso groups, excluding NO2 is 2. The van der Waals surface area contributed by atoms with E-state index in [9.17, 15) is 9.81 Å². The first kappa shape index (κ1) is 10.3.